The van der Waals surface area contributed by atoms with E-state index in [1.807, 2.05) is 12.1 Å². The zero-order valence-corrected chi connectivity index (χ0v) is 14.4. The summed E-state index contributed by atoms with van der Waals surface area (Å²) in [5.74, 6) is 1.99. The van der Waals surface area contributed by atoms with Crippen molar-refractivity contribution in [3.8, 4) is 17.4 Å². The van der Waals surface area contributed by atoms with Crippen molar-refractivity contribution in [2.75, 3.05) is 0 Å². The van der Waals surface area contributed by atoms with Gasteiger partial charge in [0.1, 0.15) is 17.6 Å². The van der Waals surface area contributed by atoms with Crippen LogP contribution >= 0.6 is 0 Å². The third-order valence-electron chi connectivity index (χ3n) is 3.92. The molecule has 11 nitrogen and oxygen atoms in total. The summed E-state index contributed by atoms with van der Waals surface area (Å²) in [6, 6.07) is 5.47. The summed E-state index contributed by atoms with van der Waals surface area (Å²) in [6.45, 7) is 1.96. The van der Waals surface area contributed by atoms with E-state index in [1.54, 1.807) is 41.8 Å². The minimum atomic E-state index is 0.158. The van der Waals surface area contributed by atoms with Crippen LogP contribution < -0.4 is 4.74 Å². The van der Waals surface area contributed by atoms with Gasteiger partial charge in [0.05, 0.1) is 5.39 Å². The van der Waals surface area contributed by atoms with Crippen LogP contribution in [-0.2, 0) is 13.7 Å². The van der Waals surface area contributed by atoms with E-state index >= 15 is 0 Å². The van der Waals surface area contributed by atoms with Crippen LogP contribution in [0.3, 0.4) is 0 Å². The van der Waals surface area contributed by atoms with Crippen molar-refractivity contribution >= 4 is 16.6 Å². The molecule has 0 unspecified atom stereocenters. The molecule has 5 heterocycles. The molecule has 0 spiro atoms. The number of pyridine rings is 1. The van der Waals surface area contributed by atoms with Gasteiger partial charge in [0, 0.05) is 19.3 Å². The SMILES string of the molecule is Cc1cc(-c2nnc3c4cccnc4c(OCc4ncn(C)n4)nn23)no1. The summed E-state index contributed by atoms with van der Waals surface area (Å²) in [7, 11) is 1.79. The van der Waals surface area contributed by atoms with Crippen LogP contribution in [0.2, 0.25) is 0 Å². The molecule has 0 amide bonds. The maximum Gasteiger partial charge on any atom is 0.259 e. The molecule has 0 fully saturated rings. The van der Waals surface area contributed by atoms with Gasteiger partial charge >= 0.3 is 0 Å². The first-order chi connectivity index (χ1) is 13.2. The predicted octanol–water partition coefficient (Wildman–Crippen LogP) is 1.34. The first kappa shape index (κ1) is 15.4. The van der Waals surface area contributed by atoms with Crippen molar-refractivity contribution in [3.63, 3.8) is 0 Å². The van der Waals surface area contributed by atoms with E-state index in [4.69, 9.17) is 9.26 Å². The molecule has 0 aromatic carbocycles. The lowest BCUT2D eigenvalue weighted by Gasteiger charge is -2.07. The number of hydrogen-bond acceptors (Lipinski definition) is 9. The molecule has 0 aliphatic rings. The number of rotatable bonds is 4. The van der Waals surface area contributed by atoms with E-state index in [-0.39, 0.29) is 6.61 Å². The third-order valence-corrected chi connectivity index (χ3v) is 3.92. The molecule has 0 aliphatic carbocycles. The number of aromatic nitrogens is 9. The molecule has 5 rings (SSSR count). The second-order valence-corrected chi connectivity index (χ2v) is 5.91. The van der Waals surface area contributed by atoms with Gasteiger partial charge in [0.2, 0.25) is 5.82 Å². The molecule has 0 saturated heterocycles. The fraction of sp³-hybridized carbons (Fsp3) is 0.188. The van der Waals surface area contributed by atoms with Gasteiger partial charge < -0.3 is 9.26 Å². The summed E-state index contributed by atoms with van der Waals surface area (Å²) in [5.41, 5.74) is 1.67. The lowest BCUT2D eigenvalue weighted by Crippen LogP contribution is -2.05. The van der Waals surface area contributed by atoms with Crippen molar-refractivity contribution in [2.24, 2.45) is 7.05 Å². The highest BCUT2D eigenvalue weighted by molar-refractivity contribution is 5.94. The first-order valence-electron chi connectivity index (χ1n) is 8.10. The number of hydrogen-bond donors (Lipinski definition) is 0. The van der Waals surface area contributed by atoms with Crippen LogP contribution in [0.5, 0.6) is 5.88 Å². The highest BCUT2D eigenvalue weighted by Crippen LogP contribution is 2.27. The second-order valence-electron chi connectivity index (χ2n) is 5.91. The van der Waals surface area contributed by atoms with E-state index in [1.165, 1.54) is 0 Å². The molecule has 0 bridgehead atoms. The van der Waals surface area contributed by atoms with Gasteiger partial charge in [0.15, 0.2) is 23.8 Å². The molecule has 11 heteroatoms. The third kappa shape index (κ3) is 2.56. The maximum absolute atomic E-state index is 5.86. The Balaban J connectivity index is 1.66. The summed E-state index contributed by atoms with van der Waals surface area (Å²) < 4.78 is 14.2. The summed E-state index contributed by atoms with van der Waals surface area (Å²) >= 11 is 0. The van der Waals surface area contributed by atoms with Gasteiger partial charge in [0.25, 0.3) is 5.88 Å². The minimum Gasteiger partial charge on any atom is -0.467 e. The summed E-state index contributed by atoms with van der Waals surface area (Å²) in [5, 5.41) is 21.9. The molecule has 0 atom stereocenters. The van der Waals surface area contributed by atoms with Crippen LogP contribution in [-0.4, -0.2) is 44.7 Å². The molecular weight excluding hydrogens is 350 g/mol. The van der Waals surface area contributed by atoms with Crippen molar-refractivity contribution in [1.29, 1.82) is 0 Å². The van der Waals surface area contributed by atoms with Gasteiger partial charge in [-0.05, 0) is 19.1 Å². The van der Waals surface area contributed by atoms with E-state index in [0.29, 0.717) is 40.1 Å². The Bertz CT molecular complexity index is 1270. The smallest absolute Gasteiger partial charge is 0.259 e. The molecular formula is C16H13N9O2. The van der Waals surface area contributed by atoms with Crippen LogP contribution in [0.15, 0.2) is 35.2 Å². The Labute approximate surface area is 151 Å². The monoisotopic (exact) mass is 363 g/mol. The highest BCUT2D eigenvalue weighted by atomic mass is 16.5. The zero-order valence-electron chi connectivity index (χ0n) is 14.4. The largest absolute Gasteiger partial charge is 0.467 e. The fourth-order valence-electron chi connectivity index (χ4n) is 2.75. The lowest BCUT2D eigenvalue weighted by atomic mass is 10.3. The zero-order chi connectivity index (χ0) is 18.4. The molecule has 134 valence electrons. The quantitative estimate of drug-likeness (QED) is 0.465. The Hall–Kier alpha value is -3.89. The second kappa shape index (κ2) is 5.83. The number of fused-ring (bicyclic) bond motifs is 3. The Morgan fingerprint density at radius 2 is 2.11 bits per heavy atom. The fourth-order valence-corrected chi connectivity index (χ4v) is 2.75. The van der Waals surface area contributed by atoms with E-state index in [0.717, 1.165) is 5.39 Å². The van der Waals surface area contributed by atoms with Crippen LogP contribution in [0.4, 0.5) is 0 Å². The van der Waals surface area contributed by atoms with E-state index in [2.05, 4.69) is 35.5 Å². The topological polar surface area (TPSA) is 122 Å². The molecule has 5 aromatic heterocycles. The van der Waals surface area contributed by atoms with Crippen molar-refractivity contribution in [1.82, 2.24) is 44.7 Å². The molecule has 27 heavy (non-hydrogen) atoms. The van der Waals surface area contributed by atoms with Gasteiger partial charge in [-0.2, -0.15) is 9.61 Å². The van der Waals surface area contributed by atoms with Crippen molar-refractivity contribution in [2.45, 2.75) is 13.5 Å². The maximum atomic E-state index is 5.86. The molecule has 0 saturated carbocycles. The number of aryl methyl sites for hydroxylation is 2. The summed E-state index contributed by atoms with van der Waals surface area (Å²) in [6.07, 6.45) is 3.28. The van der Waals surface area contributed by atoms with Crippen LogP contribution in [0.1, 0.15) is 11.6 Å². The van der Waals surface area contributed by atoms with Gasteiger partial charge in [-0.15, -0.1) is 15.3 Å². The van der Waals surface area contributed by atoms with Crippen molar-refractivity contribution < 1.29 is 9.26 Å². The average Bonchev–Trinajstić information content (AvgIpc) is 3.39. The predicted molar refractivity (Wildman–Crippen MR) is 91.7 cm³/mol. The normalized spacial score (nSPS) is 11.5. The highest BCUT2D eigenvalue weighted by Gasteiger charge is 2.19. The van der Waals surface area contributed by atoms with Crippen LogP contribution in [0.25, 0.3) is 28.1 Å². The molecule has 5 aromatic rings. The molecule has 0 radical (unpaired) electrons. The first-order valence-corrected chi connectivity index (χ1v) is 8.10. The number of nitrogens with zero attached hydrogens (tertiary/aromatic N) is 9. The van der Waals surface area contributed by atoms with E-state index < -0.39 is 0 Å². The Morgan fingerprint density at radius 3 is 2.89 bits per heavy atom. The Kier molecular flexibility index (Phi) is 3.32. The van der Waals surface area contributed by atoms with Gasteiger partial charge in [-0.25, -0.2) is 4.98 Å². The standard InChI is InChI=1S/C16H13N9O2/c1-9-6-11(23-27-9)15-20-19-14-10-4-3-5-17-13(10)16(22-25(14)15)26-7-12-18-8-24(2)21-12/h3-6,8H,7H2,1-2H3. The average molecular weight is 363 g/mol. The van der Waals surface area contributed by atoms with Crippen molar-refractivity contribution in [3.05, 3.63) is 42.3 Å². The molecule has 0 N–H and O–H groups in total. The number of ether oxygens (including phenoxy) is 1. The van der Waals surface area contributed by atoms with Gasteiger partial charge in [-0.3, -0.25) is 9.67 Å². The lowest BCUT2D eigenvalue weighted by molar-refractivity contribution is 0.283. The molecule has 0 aliphatic heterocycles. The van der Waals surface area contributed by atoms with Crippen LogP contribution in [0, 0.1) is 6.92 Å². The summed E-state index contributed by atoms with van der Waals surface area (Å²) in [4.78, 5) is 8.54. The minimum absolute atomic E-state index is 0.158. The van der Waals surface area contributed by atoms with Gasteiger partial charge in [-0.1, -0.05) is 5.16 Å². The Morgan fingerprint density at radius 1 is 1.19 bits per heavy atom. The van der Waals surface area contributed by atoms with E-state index in [9.17, 15) is 0 Å².